The summed E-state index contributed by atoms with van der Waals surface area (Å²) in [5, 5.41) is 36.4. The molecule has 528 valence electrons. The lowest BCUT2D eigenvalue weighted by molar-refractivity contribution is -0.00607. The van der Waals surface area contributed by atoms with Gasteiger partial charge in [0.25, 0.3) is 0 Å². The number of rotatable bonds is 48. The van der Waals surface area contributed by atoms with Crippen LogP contribution in [0.15, 0.2) is 197 Å². The Morgan fingerprint density at radius 3 is 0.798 bits per heavy atom. The molecule has 10 rings (SSSR count). The lowest BCUT2D eigenvalue weighted by Crippen LogP contribution is -2.49. The number of benzene rings is 8. The highest BCUT2D eigenvalue weighted by atomic mass is 16.5. The number of nitrogens with zero attached hydrogens (tertiary/aromatic N) is 2. The fraction of sp³-hybridized carbons (Fsp3) is 0.448. The molecule has 0 aliphatic carbocycles. The van der Waals surface area contributed by atoms with Crippen molar-refractivity contribution >= 4 is 43.1 Å². The van der Waals surface area contributed by atoms with Gasteiger partial charge in [-0.05, 0) is 306 Å². The van der Waals surface area contributed by atoms with Crippen molar-refractivity contribution in [2.45, 2.75) is 171 Å². The Morgan fingerprint density at radius 1 is 0.303 bits per heavy atom. The molecule has 0 spiro atoms. The number of unbranched alkanes of at least 4 members (excludes halogenated alkanes) is 14. The van der Waals surface area contributed by atoms with E-state index in [4.69, 9.17) is 37.9 Å². The van der Waals surface area contributed by atoms with Crippen molar-refractivity contribution in [2.75, 3.05) is 79.0 Å². The Kier molecular flexibility index (Phi) is 29.1. The second-order valence-corrected chi connectivity index (χ2v) is 27.1. The van der Waals surface area contributed by atoms with Crippen molar-refractivity contribution in [3.63, 3.8) is 0 Å². The lowest BCUT2D eigenvalue weighted by atomic mass is 9.77. The molecule has 0 saturated carbocycles. The third kappa shape index (κ3) is 20.6. The zero-order valence-corrected chi connectivity index (χ0v) is 59.0. The van der Waals surface area contributed by atoms with E-state index in [1.807, 2.05) is 0 Å². The summed E-state index contributed by atoms with van der Waals surface area (Å²) in [7, 11) is 0. The van der Waals surface area contributed by atoms with E-state index in [0.717, 1.165) is 262 Å². The smallest absolute Gasteiger partial charge is 0.130 e. The van der Waals surface area contributed by atoms with Crippen LogP contribution >= 0.6 is 0 Å². The summed E-state index contributed by atoms with van der Waals surface area (Å²) in [5.41, 5.74) is 0.979. The van der Waals surface area contributed by atoms with Crippen LogP contribution in [0.25, 0.3) is 43.1 Å². The molecule has 2 atom stereocenters. The molecule has 8 aromatic rings. The van der Waals surface area contributed by atoms with Gasteiger partial charge in [-0.1, -0.05) is 106 Å². The SMILES string of the molecule is C=COCCCCCCOc1ccc2cc(C(O)(c3ccc4cc(OCCCCCCOC=C)ccc4c3)[C@@H]3CCCN3CCCCCN3CCC[C@@H]3C(O)(c3ccc4cc(OCCCCCCOC=C)ccc4c3)c3ccc4cc(OCCCCCCOC=C)ccc4c3)ccc2c1. The van der Waals surface area contributed by atoms with E-state index in [0.29, 0.717) is 52.9 Å². The van der Waals surface area contributed by atoms with Crippen LogP contribution in [-0.2, 0) is 30.1 Å². The maximum absolute atomic E-state index is 13.9. The molecular formula is C87H110N2O10. The second kappa shape index (κ2) is 39.1. The van der Waals surface area contributed by atoms with Crippen LogP contribution in [0.3, 0.4) is 0 Å². The van der Waals surface area contributed by atoms with Gasteiger partial charge >= 0.3 is 0 Å². The topological polar surface area (TPSA) is 121 Å². The molecule has 12 nitrogen and oxygen atoms in total. The molecule has 2 N–H and O–H groups in total. The third-order valence-corrected chi connectivity index (χ3v) is 20.3. The van der Waals surface area contributed by atoms with Gasteiger partial charge in [-0.15, -0.1) is 0 Å². The van der Waals surface area contributed by atoms with Gasteiger partial charge in [0.05, 0.1) is 77.9 Å². The third-order valence-electron chi connectivity index (χ3n) is 20.3. The molecule has 0 unspecified atom stereocenters. The maximum Gasteiger partial charge on any atom is 0.130 e. The minimum absolute atomic E-state index is 0.142. The fourth-order valence-corrected chi connectivity index (χ4v) is 14.9. The van der Waals surface area contributed by atoms with Crippen LogP contribution in [0.4, 0.5) is 0 Å². The van der Waals surface area contributed by atoms with E-state index in [-0.39, 0.29) is 12.1 Å². The van der Waals surface area contributed by atoms with Gasteiger partial charge in [-0.2, -0.15) is 0 Å². The summed E-state index contributed by atoms with van der Waals surface area (Å²) in [5.74, 6) is 3.43. The van der Waals surface area contributed by atoms with Gasteiger partial charge < -0.3 is 48.1 Å². The summed E-state index contributed by atoms with van der Waals surface area (Å²) in [6.45, 7) is 23.6. The first-order valence-electron chi connectivity index (χ1n) is 37.2. The lowest BCUT2D eigenvalue weighted by Gasteiger charge is -2.41. The number of ether oxygens (including phenoxy) is 8. The van der Waals surface area contributed by atoms with Gasteiger partial charge in [-0.25, -0.2) is 0 Å². The highest BCUT2D eigenvalue weighted by Gasteiger charge is 2.47. The second-order valence-electron chi connectivity index (χ2n) is 27.1. The summed E-state index contributed by atoms with van der Waals surface area (Å²) in [4.78, 5) is 5.13. The Labute approximate surface area is 590 Å². The van der Waals surface area contributed by atoms with Crippen LogP contribution in [-0.4, -0.2) is 111 Å². The molecule has 2 saturated heterocycles. The summed E-state index contributed by atoms with van der Waals surface area (Å²) in [6, 6.07) is 51.1. The first-order chi connectivity index (χ1) is 48.7. The number of hydrogen-bond donors (Lipinski definition) is 2. The van der Waals surface area contributed by atoms with Crippen LogP contribution in [0.5, 0.6) is 23.0 Å². The standard InChI is InChI=1S/C87H110N2O10/c1-5-92-52-20-9-13-24-56-96-80-44-36-68-60-76(40-32-72(68)64-80)86(90,77-41-33-73-65-81(45-37-69(73)61-77)97-57-25-14-10-21-53-93-6-2)84-30-28-50-88(84)48-18-17-19-49-89-51-29-31-85(89)87(91,78-42-34-74-66-82(46-38-70(74)62-78)98-58-26-15-11-22-54-94-7-3)79-43-35-75-67-83(47-39-71(75)63-79)99-59-27-16-12-23-55-95-8-4/h5-8,32-47,60-67,84-85,90-91H,1-4,9-31,48-59H2/t84-,85+. The molecule has 2 aliphatic rings. The zero-order chi connectivity index (χ0) is 68.8. The highest BCUT2D eigenvalue weighted by molar-refractivity contribution is 5.88. The van der Waals surface area contributed by atoms with E-state index in [2.05, 4.69) is 182 Å². The number of aliphatic hydroxyl groups is 2. The molecule has 0 aromatic heterocycles. The van der Waals surface area contributed by atoms with Crippen LogP contribution in [0.1, 0.15) is 170 Å². The van der Waals surface area contributed by atoms with Crippen LogP contribution < -0.4 is 18.9 Å². The summed E-state index contributed by atoms with van der Waals surface area (Å²) in [6.07, 6.45) is 29.5. The molecule has 99 heavy (non-hydrogen) atoms. The van der Waals surface area contributed by atoms with Crippen molar-refractivity contribution in [1.29, 1.82) is 0 Å². The van der Waals surface area contributed by atoms with E-state index >= 15 is 0 Å². The number of fused-ring (bicyclic) bond motifs is 4. The monoisotopic (exact) mass is 1340 g/mol. The van der Waals surface area contributed by atoms with Crippen LogP contribution in [0.2, 0.25) is 0 Å². The predicted octanol–water partition coefficient (Wildman–Crippen LogP) is 20.0. The molecule has 0 radical (unpaired) electrons. The fourth-order valence-electron chi connectivity index (χ4n) is 14.9. The zero-order valence-electron chi connectivity index (χ0n) is 59.0. The number of hydrogen-bond acceptors (Lipinski definition) is 12. The average molecular weight is 1340 g/mol. The highest BCUT2D eigenvalue weighted by Crippen LogP contribution is 2.45. The quantitative estimate of drug-likeness (QED) is 0.0279. The van der Waals surface area contributed by atoms with Gasteiger partial charge in [0, 0.05) is 12.1 Å². The number of likely N-dealkylation sites (tertiary alicyclic amines) is 2. The van der Waals surface area contributed by atoms with Gasteiger partial charge in [0.1, 0.15) is 34.2 Å². The Balaban J connectivity index is 0.835. The van der Waals surface area contributed by atoms with E-state index < -0.39 is 11.2 Å². The Hall–Kier alpha value is -8.00. The minimum atomic E-state index is -1.30. The van der Waals surface area contributed by atoms with Crippen molar-refractivity contribution in [2.24, 2.45) is 0 Å². The predicted molar refractivity (Wildman–Crippen MR) is 405 cm³/mol. The molecule has 8 aromatic carbocycles. The molecule has 12 heteroatoms. The van der Waals surface area contributed by atoms with E-state index in [1.54, 1.807) is 0 Å². The van der Waals surface area contributed by atoms with Crippen molar-refractivity contribution in [3.8, 4) is 23.0 Å². The molecular weight excluding hydrogens is 1230 g/mol. The minimum Gasteiger partial charge on any atom is -0.502 e. The molecule has 0 bridgehead atoms. The van der Waals surface area contributed by atoms with E-state index in [9.17, 15) is 10.2 Å². The normalized spacial score (nSPS) is 15.2. The average Bonchev–Trinajstić information content (AvgIpc) is 1.73. The Morgan fingerprint density at radius 2 is 0.535 bits per heavy atom. The van der Waals surface area contributed by atoms with Crippen molar-refractivity contribution < 1.29 is 48.1 Å². The molecule has 2 fully saturated rings. The molecule has 0 amide bonds. The van der Waals surface area contributed by atoms with E-state index in [1.165, 1.54) is 25.0 Å². The maximum atomic E-state index is 13.9. The first kappa shape index (κ1) is 73.7. The van der Waals surface area contributed by atoms with Crippen molar-refractivity contribution in [3.05, 3.63) is 219 Å². The summed E-state index contributed by atoms with van der Waals surface area (Å²) >= 11 is 0. The summed E-state index contributed by atoms with van der Waals surface area (Å²) < 4.78 is 46.2. The van der Waals surface area contributed by atoms with Gasteiger partial charge in [-0.3, -0.25) is 9.80 Å². The van der Waals surface area contributed by atoms with Gasteiger partial charge in [0.15, 0.2) is 0 Å². The van der Waals surface area contributed by atoms with Gasteiger partial charge in [0.2, 0.25) is 0 Å². The Bertz CT molecular complexity index is 3350. The van der Waals surface area contributed by atoms with Crippen molar-refractivity contribution in [1.82, 2.24) is 9.80 Å². The largest absolute Gasteiger partial charge is 0.502 e. The molecule has 2 heterocycles. The first-order valence-corrected chi connectivity index (χ1v) is 37.2. The molecule has 2 aliphatic heterocycles. The van der Waals surface area contributed by atoms with Crippen LogP contribution in [0, 0.1) is 0 Å².